The Balaban J connectivity index is 2.26. The molecular weight excluding hydrogens is 342 g/mol. The number of alkyl halides is 1. The molecule has 1 fully saturated rings. The third kappa shape index (κ3) is 3.35. The molecule has 0 aliphatic carbocycles. The molecule has 0 N–H and O–H groups in total. The smallest absolute Gasteiger partial charge is 0.243 e. The number of hydrogen-bond acceptors (Lipinski definition) is 3. The summed E-state index contributed by atoms with van der Waals surface area (Å²) in [5, 5.41) is 0.826. The van der Waals surface area contributed by atoms with Crippen molar-refractivity contribution in [3.63, 3.8) is 0 Å². The minimum atomic E-state index is -3.40. The van der Waals surface area contributed by atoms with Gasteiger partial charge in [-0.25, -0.2) is 8.42 Å². The first-order chi connectivity index (χ1) is 9.59. The van der Waals surface area contributed by atoms with Gasteiger partial charge in [0.2, 0.25) is 10.0 Å². The highest BCUT2D eigenvalue weighted by Gasteiger charge is 2.32. The lowest BCUT2D eigenvalue weighted by molar-refractivity contribution is 0.248. The standard InChI is InChI=1S/C14H20BrNO3S/c1-19-13-5-7-14(8-6-13)20(17,18)16-11-3-2-4-12(16)9-10-15/h5-8,12H,2-4,9-11H2,1H3. The summed E-state index contributed by atoms with van der Waals surface area (Å²) in [5.74, 6) is 0.666. The second kappa shape index (κ2) is 6.91. The molecule has 2 rings (SSSR count). The third-order valence-electron chi connectivity index (χ3n) is 3.68. The van der Waals surface area contributed by atoms with E-state index >= 15 is 0 Å². The van der Waals surface area contributed by atoms with Crippen molar-refractivity contribution >= 4 is 26.0 Å². The topological polar surface area (TPSA) is 46.6 Å². The minimum absolute atomic E-state index is 0.107. The Morgan fingerprint density at radius 3 is 2.60 bits per heavy atom. The van der Waals surface area contributed by atoms with Gasteiger partial charge < -0.3 is 4.74 Å². The summed E-state index contributed by atoms with van der Waals surface area (Å²) in [5.41, 5.74) is 0. The van der Waals surface area contributed by atoms with Gasteiger partial charge in [-0.2, -0.15) is 4.31 Å². The third-order valence-corrected chi connectivity index (χ3v) is 6.11. The molecule has 0 amide bonds. The van der Waals surface area contributed by atoms with Gasteiger partial charge in [-0.3, -0.25) is 0 Å². The van der Waals surface area contributed by atoms with Gasteiger partial charge in [0.25, 0.3) is 0 Å². The predicted octanol–water partition coefficient (Wildman–Crippen LogP) is 3.02. The molecule has 1 aromatic rings. The van der Waals surface area contributed by atoms with Crippen LogP contribution in [0.25, 0.3) is 0 Å². The van der Waals surface area contributed by atoms with Gasteiger partial charge in [0.1, 0.15) is 5.75 Å². The molecule has 0 aromatic heterocycles. The van der Waals surface area contributed by atoms with Crippen LogP contribution in [0, 0.1) is 0 Å². The van der Waals surface area contributed by atoms with Crippen LogP contribution < -0.4 is 4.74 Å². The highest BCUT2D eigenvalue weighted by molar-refractivity contribution is 9.09. The molecule has 1 atom stereocenters. The van der Waals surface area contributed by atoms with E-state index in [0.717, 1.165) is 31.0 Å². The molecule has 112 valence electrons. The second-order valence-corrected chi connectivity index (χ2v) is 7.60. The van der Waals surface area contributed by atoms with Crippen LogP contribution in [0.2, 0.25) is 0 Å². The van der Waals surface area contributed by atoms with Crippen molar-refractivity contribution in [1.82, 2.24) is 4.31 Å². The summed E-state index contributed by atoms with van der Waals surface area (Å²) in [6, 6.07) is 6.73. The van der Waals surface area contributed by atoms with Crippen LogP contribution in [0.4, 0.5) is 0 Å². The molecule has 0 bridgehead atoms. The van der Waals surface area contributed by atoms with Crippen LogP contribution in [0.1, 0.15) is 25.7 Å². The quantitative estimate of drug-likeness (QED) is 0.757. The zero-order chi connectivity index (χ0) is 14.6. The fraction of sp³-hybridized carbons (Fsp3) is 0.571. The van der Waals surface area contributed by atoms with Gasteiger partial charge in [-0.15, -0.1) is 0 Å². The lowest BCUT2D eigenvalue weighted by atomic mass is 10.0. The van der Waals surface area contributed by atoms with Gasteiger partial charge in [-0.1, -0.05) is 22.4 Å². The van der Waals surface area contributed by atoms with Gasteiger partial charge in [-0.05, 0) is 43.5 Å². The normalized spacial score (nSPS) is 20.8. The lowest BCUT2D eigenvalue weighted by Gasteiger charge is -2.34. The van der Waals surface area contributed by atoms with E-state index in [9.17, 15) is 8.42 Å². The molecule has 1 aromatic carbocycles. The predicted molar refractivity (Wildman–Crippen MR) is 82.9 cm³/mol. The Labute approximate surface area is 129 Å². The van der Waals surface area contributed by atoms with Crippen molar-refractivity contribution < 1.29 is 13.2 Å². The Morgan fingerprint density at radius 1 is 1.30 bits per heavy atom. The van der Waals surface area contributed by atoms with E-state index in [0.29, 0.717) is 17.2 Å². The number of hydrogen-bond donors (Lipinski definition) is 0. The Kier molecular flexibility index (Phi) is 5.46. The van der Waals surface area contributed by atoms with Crippen LogP contribution in [-0.4, -0.2) is 37.7 Å². The van der Waals surface area contributed by atoms with Crippen LogP contribution >= 0.6 is 15.9 Å². The van der Waals surface area contributed by atoms with E-state index in [2.05, 4.69) is 15.9 Å². The van der Waals surface area contributed by atoms with E-state index in [1.54, 1.807) is 35.7 Å². The van der Waals surface area contributed by atoms with Crippen molar-refractivity contribution in [2.24, 2.45) is 0 Å². The van der Waals surface area contributed by atoms with Gasteiger partial charge in [0, 0.05) is 17.9 Å². The SMILES string of the molecule is COc1ccc(S(=O)(=O)N2CCCCC2CCBr)cc1. The molecular formula is C14H20BrNO3S. The number of piperidine rings is 1. The summed E-state index contributed by atoms with van der Waals surface area (Å²) in [6.07, 6.45) is 3.84. The van der Waals surface area contributed by atoms with E-state index in [-0.39, 0.29) is 6.04 Å². The van der Waals surface area contributed by atoms with E-state index in [4.69, 9.17) is 4.74 Å². The number of sulfonamides is 1. The molecule has 1 saturated heterocycles. The van der Waals surface area contributed by atoms with E-state index in [1.807, 2.05) is 0 Å². The van der Waals surface area contributed by atoms with Crippen molar-refractivity contribution in [1.29, 1.82) is 0 Å². The molecule has 6 heteroatoms. The van der Waals surface area contributed by atoms with Gasteiger partial charge in [0.15, 0.2) is 0 Å². The summed E-state index contributed by atoms with van der Waals surface area (Å²) in [7, 11) is -1.83. The maximum absolute atomic E-state index is 12.7. The maximum atomic E-state index is 12.7. The highest BCUT2D eigenvalue weighted by Crippen LogP contribution is 2.28. The fourth-order valence-corrected chi connectivity index (χ4v) is 4.84. The first-order valence-electron chi connectivity index (χ1n) is 6.81. The van der Waals surface area contributed by atoms with Crippen molar-refractivity contribution in [3.8, 4) is 5.75 Å². The monoisotopic (exact) mass is 361 g/mol. The summed E-state index contributed by atoms with van der Waals surface area (Å²) >= 11 is 3.42. The van der Waals surface area contributed by atoms with E-state index in [1.165, 1.54) is 0 Å². The van der Waals surface area contributed by atoms with Gasteiger partial charge >= 0.3 is 0 Å². The average Bonchev–Trinajstić information content (AvgIpc) is 2.48. The molecule has 0 radical (unpaired) electrons. The van der Waals surface area contributed by atoms with Crippen molar-refractivity contribution in [2.45, 2.75) is 36.6 Å². The second-order valence-electron chi connectivity index (χ2n) is 4.92. The molecule has 4 nitrogen and oxygen atoms in total. The van der Waals surface area contributed by atoms with Crippen molar-refractivity contribution in [3.05, 3.63) is 24.3 Å². The zero-order valence-electron chi connectivity index (χ0n) is 11.6. The Morgan fingerprint density at radius 2 is 2.00 bits per heavy atom. The molecule has 1 aliphatic rings. The summed E-state index contributed by atoms with van der Waals surface area (Å²) in [4.78, 5) is 0.347. The van der Waals surface area contributed by atoms with Crippen LogP contribution in [-0.2, 0) is 10.0 Å². The number of methoxy groups -OCH3 is 1. The summed E-state index contributed by atoms with van der Waals surface area (Å²) < 4.78 is 32.2. The summed E-state index contributed by atoms with van der Waals surface area (Å²) in [6.45, 7) is 0.617. The van der Waals surface area contributed by atoms with Crippen molar-refractivity contribution in [2.75, 3.05) is 19.0 Å². The molecule has 20 heavy (non-hydrogen) atoms. The molecule has 1 aliphatic heterocycles. The largest absolute Gasteiger partial charge is 0.497 e. The number of ether oxygens (including phenoxy) is 1. The number of nitrogens with zero attached hydrogens (tertiary/aromatic N) is 1. The molecule has 1 unspecified atom stereocenters. The Hall–Kier alpha value is -0.590. The number of halogens is 1. The molecule has 1 heterocycles. The van der Waals surface area contributed by atoms with Crippen LogP contribution in [0.15, 0.2) is 29.2 Å². The lowest BCUT2D eigenvalue weighted by Crippen LogP contribution is -2.43. The first kappa shape index (κ1) is 15.8. The highest BCUT2D eigenvalue weighted by atomic mass is 79.9. The maximum Gasteiger partial charge on any atom is 0.243 e. The van der Waals surface area contributed by atoms with Gasteiger partial charge in [0.05, 0.1) is 12.0 Å². The number of rotatable bonds is 5. The number of benzene rings is 1. The Bertz CT molecular complexity index is 528. The fourth-order valence-electron chi connectivity index (χ4n) is 2.59. The van der Waals surface area contributed by atoms with E-state index < -0.39 is 10.0 Å². The molecule has 0 spiro atoms. The minimum Gasteiger partial charge on any atom is -0.497 e. The molecule has 0 saturated carbocycles. The van der Waals surface area contributed by atoms with Crippen LogP contribution in [0.5, 0.6) is 5.75 Å². The zero-order valence-corrected chi connectivity index (χ0v) is 14.0. The first-order valence-corrected chi connectivity index (χ1v) is 9.37. The average molecular weight is 362 g/mol. The van der Waals surface area contributed by atoms with Crippen LogP contribution in [0.3, 0.4) is 0 Å².